The van der Waals surface area contributed by atoms with Crippen LogP contribution < -0.4 is 4.74 Å². The summed E-state index contributed by atoms with van der Waals surface area (Å²) in [5.41, 5.74) is 0.802. The zero-order valence-electron chi connectivity index (χ0n) is 9.90. The van der Waals surface area contributed by atoms with E-state index in [1.54, 1.807) is 20.8 Å². The van der Waals surface area contributed by atoms with Gasteiger partial charge < -0.3 is 14.9 Å². The number of hydrogen-bond donors (Lipinski definition) is 2. The van der Waals surface area contributed by atoms with E-state index in [-0.39, 0.29) is 23.5 Å². The highest BCUT2D eigenvalue weighted by Crippen LogP contribution is 2.30. The van der Waals surface area contributed by atoms with Gasteiger partial charge in [0.05, 0.1) is 6.61 Å². The van der Waals surface area contributed by atoms with Crippen LogP contribution in [0.5, 0.6) is 5.75 Å². The molecule has 1 aromatic rings. The normalized spacial score (nSPS) is 10.1. The number of rotatable bonds is 4. The van der Waals surface area contributed by atoms with Crippen LogP contribution in [0.3, 0.4) is 0 Å². The maximum atomic E-state index is 11.1. The first-order chi connectivity index (χ1) is 7.90. The Labute approximate surface area is 98.6 Å². The minimum atomic E-state index is -1.19. The molecule has 0 bridgehead atoms. The largest absolute Gasteiger partial charge is 0.492 e. The van der Waals surface area contributed by atoms with E-state index in [0.29, 0.717) is 11.1 Å². The van der Waals surface area contributed by atoms with Crippen molar-refractivity contribution in [3.63, 3.8) is 0 Å². The predicted octanol–water partition coefficient (Wildman–Crippen LogP) is 2.10. The van der Waals surface area contributed by atoms with Gasteiger partial charge in [0.25, 0.3) is 0 Å². The third-order valence-corrected chi connectivity index (χ3v) is 2.39. The van der Waals surface area contributed by atoms with Crippen LogP contribution in [-0.2, 0) is 0 Å². The molecule has 0 saturated heterocycles. The van der Waals surface area contributed by atoms with Gasteiger partial charge in [-0.1, -0.05) is 6.07 Å². The van der Waals surface area contributed by atoms with Crippen LogP contribution in [0.1, 0.15) is 38.8 Å². The van der Waals surface area contributed by atoms with E-state index in [2.05, 4.69) is 0 Å². The molecule has 0 radical (unpaired) electrons. The van der Waals surface area contributed by atoms with Crippen LogP contribution in [0.4, 0.5) is 0 Å². The second-order valence-corrected chi connectivity index (χ2v) is 3.63. The molecule has 0 amide bonds. The fourth-order valence-corrected chi connectivity index (χ4v) is 1.77. The van der Waals surface area contributed by atoms with Crippen molar-refractivity contribution in [3.05, 3.63) is 28.3 Å². The topological polar surface area (TPSA) is 83.8 Å². The van der Waals surface area contributed by atoms with Crippen LogP contribution in [0.25, 0.3) is 0 Å². The third kappa shape index (κ3) is 2.38. The summed E-state index contributed by atoms with van der Waals surface area (Å²) in [7, 11) is 0. The number of aryl methyl sites for hydroxylation is 2. The zero-order valence-corrected chi connectivity index (χ0v) is 9.90. The van der Waals surface area contributed by atoms with Gasteiger partial charge in [-0.3, -0.25) is 0 Å². The molecule has 0 aliphatic rings. The summed E-state index contributed by atoms with van der Waals surface area (Å²) in [6, 6.07) is 1.54. The van der Waals surface area contributed by atoms with E-state index in [0.717, 1.165) is 0 Å². The van der Waals surface area contributed by atoms with E-state index >= 15 is 0 Å². The average Bonchev–Trinajstić information content (AvgIpc) is 2.15. The molecule has 17 heavy (non-hydrogen) atoms. The zero-order chi connectivity index (χ0) is 13.2. The maximum absolute atomic E-state index is 11.1. The smallest absolute Gasteiger partial charge is 0.339 e. The number of benzene rings is 1. The first kappa shape index (κ1) is 13.0. The van der Waals surface area contributed by atoms with Gasteiger partial charge in [-0.25, -0.2) is 9.59 Å². The van der Waals surface area contributed by atoms with Crippen LogP contribution in [0.15, 0.2) is 6.07 Å². The number of carbonyl (C=O) groups is 2. The average molecular weight is 238 g/mol. The monoisotopic (exact) mass is 238 g/mol. The van der Waals surface area contributed by atoms with Crippen LogP contribution >= 0.6 is 0 Å². The first-order valence-electron chi connectivity index (χ1n) is 5.13. The Hall–Kier alpha value is -2.04. The summed E-state index contributed by atoms with van der Waals surface area (Å²) in [4.78, 5) is 22.3. The molecule has 0 atom stereocenters. The summed E-state index contributed by atoms with van der Waals surface area (Å²) >= 11 is 0. The van der Waals surface area contributed by atoms with Crippen molar-refractivity contribution in [1.82, 2.24) is 0 Å². The molecule has 92 valence electrons. The van der Waals surface area contributed by atoms with Gasteiger partial charge in [-0.05, 0) is 31.9 Å². The lowest BCUT2D eigenvalue weighted by Crippen LogP contribution is -2.12. The molecular weight excluding hydrogens is 224 g/mol. The van der Waals surface area contributed by atoms with E-state index in [1.165, 1.54) is 6.07 Å². The van der Waals surface area contributed by atoms with E-state index in [9.17, 15) is 9.59 Å². The molecule has 0 saturated carbocycles. The predicted molar refractivity (Wildman–Crippen MR) is 61.0 cm³/mol. The standard InChI is InChI=1S/C12H14O5/c1-4-17-10-8(11(13)14)6(2)5-7(3)9(10)12(15)16/h5H,4H2,1-3H3,(H,13,14)(H,15,16). The van der Waals surface area contributed by atoms with Crippen molar-refractivity contribution in [2.45, 2.75) is 20.8 Å². The lowest BCUT2D eigenvalue weighted by atomic mass is 9.98. The quantitative estimate of drug-likeness (QED) is 0.839. The van der Waals surface area contributed by atoms with Gasteiger partial charge in [0.1, 0.15) is 16.9 Å². The summed E-state index contributed by atoms with van der Waals surface area (Å²) in [6.45, 7) is 5.12. The van der Waals surface area contributed by atoms with Gasteiger partial charge in [0, 0.05) is 0 Å². The molecule has 5 heteroatoms. The molecule has 0 spiro atoms. The van der Waals surface area contributed by atoms with Gasteiger partial charge in [0.15, 0.2) is 0 Å². The summed E-state index contributed by atoms with van der Waals surface area (Å²) < 4.78 is 5.19. The Morgan fingerprint density at radius 2 is 1.53 bits per heavy atom. The summed E-state index contributed by atoms with van der Waals surface area (Å²) in [5, 5.41) is 18.2. The fourth-order valence-electron chi connectivity index (χ4n) is 1.77. The van der Waals surface area contributed by atoms with Gasteiger partial charge in [-0.15, -0.1) is 0 Å². The van der Waals surface area contributed by atoms with Gasteiger partial charge in [0.2, 0.25) is 0 Å². The second-order valence-electron chi connectivity index (χ2n) is 3.63. The van der Waals surface area contributed by atoms with Crippen molar-refractivity contribution in [1.29, 1.82) is 0 Å². The number of hydrogen-bond acceptors (Lipinski definition) is 3. The Kier molecular flexibility index (Phi) is 3.73. The third-order valence-electron chi connectivity index (χ3n) is 2.39. The van der Waals surface area contributed by atoms with E-state index < -0.39 is 11.9 Å². The van der Waals surface area contributed by atoms with Gasteiger partial charge >= 0.3 is 11.9 Å². The van der Waals surface area contributed by atoms with Crippen LogP contribution in [0, 0.1) is 13.8 Å². The Bertz CT molecular complexity index is 438. The summed E-state index contributed by atoms with van der Waals surface area (Å²) in [5.74, 6) is -2.44. The second kappa shape index (κ2) is 4.86. The molecule has 1 aromatic carbocycles. The van der Waals surface area contributed by atoms with Crippen molar-refractivity contribution in [2.24, 2.45) is 0 Å². The molecule has 0 aliphatic carbocycles. The molecule has 0 aliphatic heterocycles. The van der Waals surface area contributed by atoms with Crippen molar-refractivity contribution in [2.75, 3.05) is 6.61 Å². The highest BCUT2D eigenvalue weighted by atomic mass is 16.5. The molecule has 5 nitrogen and oxygen atoms in total. The minimum absolute atomic E-state index is 0.0648. The summed E-state index contributed by atoms with van der Waals surface area (Å²) in [6.07, 6.45) is 0. The Morgan fingerprint density at radius 1 is 1.12 bits per heavy atom. The lowest BCUT2D eigenvalue weighted by Gasteiger charge is -2.14. The molecule has 2 N–H and O–H groups in total. The number of carboxylic acid groups (broad SMARTS) is 2. The Balaban J connectivity index is 3.64. The minimum Gasteiger partial charge on any atom is -0.492 e. The van der Waals surface area contributed by atoms with Crippen molar-refractivity contribution < 1.29 is 24.5 Å². The number of ether oxygens (including phenoxy) is 1. The molecule has 0 heterocycles. The van der Waals surface area contributed by atoms with E-state index in [1.807, 2.05) is 0 Å². The first-order valence-corrected chi connectivity index (χ1v) is 5.13. The Morgan fingerprint density at radius 3 is 1.82 bits per heavy atom. The van der Waals surface area contributed by atoms with Crippen LogP contribution in [-0.4, -0.2) is 28.8 Å². The molecular formula is C12H14O5. The van der Waals surface area contributed by atoms with Crippen molar-refractivity contribution >= 4 is 11.9 Å². The maximum Gasteiger partial charge on any atom is 0.339 e. The highest BCUT2D eigenvalue weighted by Gasteiger charge is 2.24. The SMILES string of the molecule is CCOc1c(C(=O)O)c(C)cc(C)c1C(=O)O. The molecule has 1 rings (SSSR count). The number of aromatic carboxylic acids is 2. The van der Waals surface area contributed by atoms with E-state index in [4.69, 9.17) is 14.9 Å². The lowest BCUT2D eigenvalue weighted by molar-refractivity contribution is 0.0688. The van der Waals surface area contributed by atoms with Crippen molar-refractivity contribution in [3.8, 4) is 5.75 Å². The highest BCUT2D eigenvalue weighted by molar-refractivity contribution is 6.01. The number of carboxylic acids is 2. The van der Waals surface area contributed by atoms with Gasteiger partial charge in [-0.2, -0.15) is 0 Å². The molecule has 0 aromatic heterocycles. The van der Waals surface area contributed by atoms with Crippen LogP contribution in [0.2, 0.25) is 0 Å². The molecule has 0 unspecified atom stereocenters. The fraction of sp³-hybridized carbons (Fsp3) is 0.333. The molecule has 0 fully saturated rings.